The molecule has 2 heteroatoms. The van der Waals surface area contributed by atoms with Crippen molar-refractivity contribution in [1.82, 2.24) is 4.90 Å². The number of likely N-dealkylation sites (N-methyl/N-ethyl adjacent to an activating group) is 1. The Kier molecular flexibility index (Phi) is 4.92. The van der Waals surface area contributed by atoms with Crippen LogP contribution in [0.2, 0.25) is 0 Å². The number of hydrogen-bond donors (Lipinski definition) is 0. The highest BCUT2D eigenvalue weighted by molar-refractivity contribution is 6.00. The maximum atomic E-state index is 12.5. The second-order valence-corrected chi connectivity index (χ2v) is 6.82. The summed E-state index contributed by atoms with van der Waals surface area (Å²) in [5.41, 5.74) is 3.42. The minimum absolute atomic E-state index is 0.0821. The number of benzene rings is 1. The van der Waals surface area contributed by atoms with Crippen molar-refractivity contribution in [2.24, 2.45) is 5.41 Å². The summed E-state index contributed by atoms with van der Waals surface area (Å²) in [5, 5.41) is 0. The van der Waals surface area contributed by atoms with Crippen molar-refractivity contribution in [2.45, 2.75) is 47.6 Å². The smallest absolute Gasteiger partial charge is 0.179 e. The fourth-order valence-electron chi connectivity index (χ4n) is 2.22. The molecule has 0 radical (unpaired) electrons. The lowest BCUT2D eigenvalue weighted by Gasteiger charge is -2.30. The van der Waals surface area contributed by atoms with E-state index in [9.17, 15) is 4.79 Å². The molecule has 0 fully saturated rings. The Bertz CT molecular complexity index is 457. The number of rotatable bonds is 4. The van der Waals surface area contributed by atoms with Crippen molar-refractivity contribution in [3.05, 3.63) is 34.9 Å². The highest BCUT2D eigenvalue weighted by Crippen LogP contribution is 2.18. The molecule has 0 saturated heterocycles. The summed E-state index contributed by atoms with van der Waals surface area (Å²) in [6.07, 6.45) is 0. The van der Waals surface area contributed by atoms with E-state index in [1.807, 2.05) is 32.2 Å². The Morgan fingerprint density at radius 1 is 1.21 bits per heavy atom. The SMILES string of the molecule is Cc1ccc(C(=O)C(C)N(C)CC(C)(C)C)cc1C. The fourth-order valence-corrected chi connectivity index (χ4v) is 2.22. The number of Topliss-reactive ketones (excluding diaryl/α,β-unsaturated/α-hetero) is 1. The van der Waals surface area contributed by atoms with Gasteiger partial charge in [0.25, 0.3) is 0 Å². The highest BCUT2D eigenvalue weighted by Gasteiger charge is 2.23. The number of aryl methyl sites for hydroxylation is 2. The summed E-state index contributed by atoms with van der Waals surface area (Å²) in [6, 6.07) is 5.88. The first kappa shape index (κ1) is 15.9. The molecule has 0 aromatic heterocycles. The molecule has 0 spiro atoms. The molecule has 1 unspecified atom stereocenters. The molecule has 19 heavy (non-hydrogen) atoms. The van der Waals surface area contributed by atoms with E-state index in [2.05, 4.69) is 39.5 Å². The molecule has 0 heterocycles. The first-order chi connectivity index (χ1) is 8.61. The first-order valence-corrected chi connectivity index (χ1v) is 6.93. The molecule has 0 aliphatic heterocycles. The van der Waals surface area contributed by atoms with Gasteiger partial charge in [-0.25, -0.2) is 0 Å². The van der Waals surface area contributed by atoms with E-state index in [1.54, 1.807) is 0 Å². The van der Waals surface area contributed by atoms with Crippen LogP contribution in [0.1, 0.15) is 49.2 Å². The average Bonchev–Trinajstić information content (AvgIpc) is 2.28. The van der Waals surface area contributed by atoms with Gasteiger partial charge >= 0.3 is 0 Å². The summed E-state index contributed by atoms with van der Waals surface area (Å²) < 4.78 is 0. The Morgan fingerprint density at radius 3 is 2.26 bits per heavy atom. The zero-order valence-corrected chi connectivity index (χ0v) is 13.4. The summed E-state index contributed by atoms with van der Waals surface area (Å²) in [5.74, 6) is 0.204. The van der Waals surface area contributed by atoms with Gasteiger partial charge in [0.15, 0.2) is 5.78 Å². The number of carbonyl (C=O) groups is 1. The van der Waals surface area contributed by atoms with Crippen molar-refractivity contribution in [1.29, 1.82) is 0 Å². The molecule has 106 valence electrons. The maximum Gasteiger partial charge on any atom is 0.179 e. The molecule has 0 aliphatic carbocycles. The third kappa shape index (κ3) is 4.46. The second kappa shape index (κ2) is 5.87. The minimum atomic E-state index is -0.0821. The summed E-state index contributed by atoms with van der Waals surface area (Å²) in [7, 11) is 2.02. The molecule has 1 atom stereocenters. The lowest BCUT2D eigenvalue weighted by Crippen LogP contribution is -2.40. The number of nitrogens with zero attached hydrogens (tertiary/aromatic N) is 1. The average molecular weight is 261 g/mol. The van der Waals surface area contributed by atoms with Crippen LogP contribution in [0, 0.1) is 19.3 Å². The van der Waals surface area contributed by atoms with E-state index in [4.69, 9.17) is 0 Å². The molecule has 1 aromatic carbocycles. The van der Waals surface area contributed by atoms with Crippen LogP contribution in [0.4, 0.5) is 0 Å². The van der Waals surface area contributed by atoms with Gasteiger partial charge in [-0.15, -0.1) is 0 Å². The third-order valence-corrected chi connectivity index (χ3v) is 3.56. The summed E-state index contributed by atoms with van der Waals surface area (Å²) >= 11 is 0. The van der Waals surface area contributed by atoms with Gasteiger partial charge in [0.1, 0.15) is 0 Å². The van der Waals surface area contributed by atoms with Gasteiger partial charge in [-0.1, -0.05) is 32.9 Å². The first-order valence-electron chi connectivity index (χ1n) is 6.93. The predicted octanol–water partition coefficient (Wildman–Crippen LogP) is 3.85. The van der Waals surface area contributed by atoms with Gasteiger partial charge in [0.05, 0.1) is 6.04 Å². The van der Waals surface area contributed by atoms with Crippen molar-refractivity contribution in [3.8, 4) is 0 Å². The van der Waals surface area contributed by atoms with Crippen LogP contribution >= 0.6 is 0 Å². The summed E-state index contributed by atoms with van der Waals surface area (Å²) in [6.45, 7) is 13.6. The van der Waals surface area contributed by atoms with Crippen LogP contribution in [0.5, 0.6) is 0 Å². The fraction of sp³-hybridized carbons (Fsp3) is 0.588. The molecule has 1 aromatic rings. The minimum Gasteiger partial charge on any atom is -0.296 e. The zero-order valence-electron chi connectivity index (χ0n) is 13.4. The van der Waals surface area contributed by atoms with Gasteiger partial charge in [-0.05, 0) is 50.4 Å². The normalized spacial score (nSPS) is 13.7. The molecule has 0 N–H and O–H groups in total. The van der Waals surface area contributed by atoms with Crippen LogP contribution < -0.4 is 0 Å². The standard InChI is InChI=1S/C17H27NO/c1-12-8-9-15(10-13(12)2)16(19)14(3)18(7)11-17(4,5)6/h8-10,14H,11H2,1-7H3. The molecule has 0 bridgehead atoms. The van der Waals surface area contributed by atoms with Gasteiger partial charge in [-0.3, -0.25) is 9.69 Å². The molecule has 1 rings (SSSR count). The van der Waals surface area contributed by atoms with E-state index in [0.29, 0.717) is 0 Å². The van der Waals surface area contributed by atoms with E-state index in [1.165, 1.54) is 11.1 Å². The van der Waals surface area contributed by atoms with Gasteiger partial charge in [-0.2, -0.15) is 0 Å². The summed E-state index contributed by atoms with van der Waals surface area (Å²) in [4.78, 5) is 14.6. The largest absolute Gasteiger partial charge is 0.296 e. The molecule has 0 saturated carbocycles. The molecular formula is C17H27NO. The number of carbonyl (C=O) groups excluding carboxylic acids is 1. The van der Waals surface area contributed by atoms with Crippen molar-refractivity contribution < 1.29 is 4.79 Å². The van der Waals surface area contributed by atoms with Crippen LogP contribution in [0.15, 0.2) is 18.2 Å². The quantitative estimate of drug-likeness (QED) is 0.767. The van der Waals surface area contributed by atoms with Crippen LogP contribution in [-0.2, 0) is 0 Å². The van der Waals surface area contributed by atoms with E-state index < -0.39 is 0 Å². The van der Waals surface area contributed by atoms with E-state index in [-0.39, 0.29) is 17.2 Å². The number of hydrogen-bond acceptors (Lipinski definition) is 2. The van der Waals surface area contributed by atoms with Crippen molar-refractivity contribution in [2.75, 3.05) is 13.6 Å². The lowest BCUT2D eigenvalue weighted by molar-refractivity contribution is 0.0831. The van der Waals surface area contributed by atoms with E-state index in [0.717, 1.165) is 12.1 Å². The highest BCUT2D eigenvalue weighted by atomic mass is 16.1. The van der Waals surface area contributed by atoms with Gasteiger partial charge < -0.3 is 0 Å². The monoisotopic (exact) mass is 261 g/mol. The lowest BCUT2D eigenvalue weighted by atomic mass is 9.94. The second-order valence-electron chi connectivity index (χ2n) is 6.82. The topological polar surface area (TPSA) is 20.3 Å². The molecule has 0 aliphatic rings. The third-order valence-electron chi connectivity index (χ3n) is 3.56. The Morgan fingerprint density at radius 2 is 1.79 bits per heavy atom. The van der Waals surface area contributed by atoms with Crippen LogP contribution in [-0.4, -0.2) is 30.3 Å². The van der Waals surface area contributed by atoms with E-state index >= 15 is 0 Å². The molecule has 0 amide bonds. The Labute approximate surface area is 117 Å². The van der Waals surface area contributed by atoms with Crippen molar-refractivity contribution in [3.63, 3.8) is 0 Å². The molecular weight excluding hydrogens is 234 g/mol. The Balaban J connectivity index is 2.84. The van der Waals surface area contributed by atoms with Gasteiger partial charge in [0, 0.05) is 12.1 Å². The van der Waals surface area contributed by atoms with Crippen molar-refractivity contribution >= 4 is 5.78 Å². The number of ketones is 1. The van der Waals surface area contributed by atoms with Crippen LogP contribution in [0.3, 0.4) is 0 Å². The maximum absolute atomic E-state index is 12.5. The Hall–Kier alpha value is -1.15. The molecule has 2 nitrogen and oxygen atoms in total. The predicted molar refractivity (Wildman–Crippen MR) is 81.8 cm³/mol. The van der Waals surface area contributed by atoms with Crippen LogP contribution in [0.25, 0.3) is 0 Å². The van der Waals surface area contributed by atoms with Gasteiger partial charge in [0.2, 0.25) is 0 Å². The zero-order chi connectivity index (χ0) is 14.8.